The molecular formula is C15H17N3O. The van der Waals surface area contributed by atoms with Crippen molar-refractivity contribution in [2.24, 2.45) is 0 Å². The van der Waals surface area contributed by atoms with E-state index in [9.17, 15) is 4.79 Å². The Labute approximate surface area is 112 Å². The Balaban J connectivity index is 2.53. The van der Waals surface area contributed by atoms with Gasteiger partial charge in [-0.15, -0.1) is 0 Å². The number of aromatic nitrogens is 2. The third kappa shape index (κ3) is 2.57. The average molecular weight is 255 g/mol. The van der Waals surface area contributed by atoms with E-state index in [0.29, 0.717) is 23.6 Å². The molecule has 0 amide bonds. The summed E-state index contributed by atoms with van der Waals surface area (Å²) in [5, 5.41) is 4.42. The van der Waals surface area contributed by atoms with Crippen molar-refractivity contribution in [2.75, 3.05) is 5.73 Å². The van der Waals surface area contributed by atoms with Gasteiger partial charge < -0.3 is 5.73 Å². The summed E-state index contributed by atoms with van der Waals surface area (Å²) >= 11 is 0. The molecule has 0 aliphatic carbocycles. The summed E-state index contributed by atoms with van der Waals surface area (Å²) in [6.07, 6.45) is 0.756. The van der Waals surface area contributed by atoms with E-state index in [2.05, 4.69) is 11.7 Å². The SMILES string of the molecule is C=C(C)Cn1nc(-c2ccc(C)cc2)c(C=O)c1N. The van der Waals surface area contributed by atoms with Gasteiger partial charge in [-0.25, -0.2) is 4.68 Å². The summed E-state index contributed by atoms with van der Waals surface area (Å²) in [6, 6.07) is 7.85. The molecular weight excluding hydrogens is 238 g/mol. The number of nitrogen functional groups attached to an aromatic ring is 1. The van der Waals surface area contributed by atoms with Crippen LogP contribution in [0, 0.1) is 6.92 Å². The third-order valence-electron chi connectivity index (χ3n) is 2.89. The molecule has 98 valence electrons. The first-order valence-electron chi connectivity index (χ1n) is 6.05. The predicted octanol–water partition coefficient (Wildman–Crippen LogP) is 2.83. The summed E-state index contributed by atoms with van der Waals surface area (Å²) in [5.41, 5.74) is 9.99. The Bertz CT molecular complexity index is 624. The van der Waals surface area contributed by atoms with Crippen molar-refractivity contribution in [1.29, 1.82) is 0 Å². The van der Waals surface area contributed by atoms with Crippen LogP contribution in [-0.2, 0) is 6.54 Å². The van der Waals surface area contributed by atoms with Crippen LogP contribution in [0.2, 0.25) is 0 Å². The Kier molecular flexibility index (Phi) is 3.51. The molecule has 0 aliphatic heterocycles. The molecule has 1 aromatic carbocycles. The second-order valence-electron chi connectivity index (χ2n) is 4.75. The lowest BCUT2D eigenvalue weighted by Crippen LogP contribution is -2.05. The molecule has 1 heterocycles. The van der Waals surface area contributed by atoms with E-state index in [1.54, 1.807) is 4.68 Å². The van der Waals surface area contributed by atoms with Crippen molar-refractivity contribution in [3.63, 3.8) is 0 Å². The fourth-order valence-corrected chi connectivity index (χ4v) is 1.91. The van der Waals surface area contributed by atoms with Gasteiger partial charge >= 0.3 is 0 Å². The van der Waals surface area contributed by atoms with Gasteiger partial charge in [-0.2, -0.15) is 5.10 Å². The van der Waals surface area contributed by atoms with Crippen molar-refractivity contribution in [3.05, 3.63) is 47.5 Å². The average Bonchev–Trinajstić information content (AvgIpc) is 2.66. The number of hydrogen-bond acceptors (Lipinski definition) is 3. The van der Waals surface area contributed by atoms with Crippen LogP contribution in [-0.4, -0.2) is 16.1 Å². The molecule has 0 saturated heterocycles. The first kappa shape index (κ1) is 13.1. The summed E-state index contributed by atoms with van der Waals surface area (Å²) < 4.78 is 1.61. The zero-order valence-corrected chi connectivity index (χ0v) is 11.2. The minimum atomic E-state index is 0.383. The number of carbonyl (C=O) groups is 1. The maximum absolute atomic E-state index is 11.2. The molecule has 0 aliphatic rings. The lowest BCUT2D eigenvalue weighted by Gasteiger charge is -2.02. The molecule has 19 heavy (non-hydrogen) atoms. The van der Waals surface area contributed by atoms with Gasteiger partial charge in [-0.3, -0.25) is 4.79 Å². The van der Waals surface area contributed by atoms with Crippen LogP contribution >= 0.6 is 0 Å². The number of nitrogens with two attached hydrogens (primary N) is 1. The van der Waals surface area contributed by atoms with Crippen molar-refractivity contribution in [2.45, 2.75) is 20.4 Å². The van der Waals surface area contributed by atoms with Crippen LogP contribution in [0.15, 0.2) is 36.4 Å². The van der Waals surface area contributed by atoms with Gasteiger partial charge in [-0.05, 0) is 13.8 Å². The molecule has 2 N–H and O–H groups in total. The van der Waals surface area contributed by atoms with Gasteiger partial charge in [0.05, 0.1) is 12.1 Å². The van der Waals surface area contributed by atoms with Gasteiger partial charge in [0.1, 0.15) is 11.5 Å². The molecule has 4 heteroatoms. The molecule has 4 nitrogen and oxygen atoms in total. The van der Waals surface area contributed by atoms with Crippen LogP contribution < -0.4 is 5.73 Å². The van der Waals surface area contributed by atoms with Crippen LogP contribution in [0.4, 0.5) is 5.82 Å². The monoisotopic (exact) mass is 255 g/mol. The van der Waals surface area contributed by atoms with Crippen LogP contribution in [0.25, 0.3) is 11.3 Å². The number of aryl methyl sites for hydroxylation is 1. The smallest absolute Gasteiger partial charge is 0.156 e. The normalized spacial score (nSPS) is 10.4. The molecule has 0 fully saturated rings. The van der Waals surface area contributed by atoms with Gasteiger partial charge in [0, 0.05) is 5.56 Å². The molecule has 0 bridgehead atoms. The number of benzene rings is 1. The summed E-state index contributed by atoms with van der Waals surface area (Å²) in [5.74, 6) is 0.383. The van der Waals surface area contributed by atoms with Crippen molar-refractivity contribution >= 4 is 12.1 Å². The van der Waals surface area contributed by atoms with Crippen molar-refractivity contribution in [1.82, 2.24) is 9.78 Å². The summed E-state index contributed by atoms with van der Waals surface area (Å²) in [4.78, 5) is 11.2. The Morgan fingerprint density at radius 3 is 2.58 bits per heavy atom. The Morgan fingerprint density at radius 1 is 1.42 bits per heavy atom. The van der Waals surface area contributed by atoms with E-state index >= 15 is 0 Å². The van der Waals surface area contributed by atoms with Crippen LogP contribution in [0.1, 0.15) is 22.8 Å². The van der Waals surface area contributed by atoms with Crippen molar-refractivity contribution in [3.8, 4) is 11.3 Å². The number of rotatable bonds is 4. The van der Waals surface area contributed by atoms with E-state index in [1.807, 2.05) is 38.1 Å². The van der Waals surface area contributed by atoms with Crippen LogP contribution in [0.5, 0.6) is 0 Å². The Hall–Kier alpha value is -2.36. The van der Waals surface area contributed by atoms with E-state index in [0.717, 1.165) is 23.0 Å². The minimum Gasteiger partial charge on any atom is -0.383 e. The third-order valence-corrected chi connectivity index (χ3v) is 2.89. The lowest BCUT2D eigenvalue weighted by atomic mass is 10.1. The lowest BCUT2D eigenvalue weighted by molar-refractivity contribution is 0.112. The highest BCUT2D eigenvalue weighted by atomic mass is 16.1. The minimum absolute atomic E-state index is 0.383. The number of hydrogen-bond donors (Lipinski definition) is 1. The molecule has 0 atom stereocenters. The first-order chi connectivity index (χ1) is 9.02. The molecule has 0 spiro atoms. The van der Waals surface area contributed by atoms with Gasteiger partial charge in [0.15, 0.2) is 6.29 Å². The maximum atomic E-state index is 11.2. The van der Waals surface area contributed by atoms with E-state index < -0.39 is 0 Å². The molecule has 2 aromatic rings. The zero-order chi connectivity index (χ0) is 14.0. The number of anilines is 1. The van der Waals surface area contributed by atoms with E-state index in [4.69, 9.17) is 5.73 Å². The highest BCUT2D eigenvalue weighted by Gasteiger charge is 2.16. The Morgan fingerprint density at radius 2 is 2.05 bits per heavy atom. The molecule has 0 saturated carbocycles. The van der Waals surface area contributed by atoms with E-state index in [1.165, 1.54) is 0 Å². The van der Waals surface area contributed by atoms with Gasteiger partial charge in [0.25, 0.3) is 0 Å². The number of carbonyl (C=O) groups excluding carboxylic acids is 1. The fourth-order valence-electron chi connectivity index (χ4n) is 1.91. The number of allylic oxidation sites excluding steroid dienone is 1. The standard InChI is InChI=1S/C15H17N3O/c1-10(2)8-18-15(16)13(9-19)14(17-18)12-6-4-11(3)5-7-12/h4-7,9H,1,8,16H2,2-3H3. The number of nitrogens with zero attached hydrogens (tertiary/aromatic N) is 2. The molecule has 0 radical (unpaired) electrons. The molecule has 2 rings (SSSR count). The van der Waals surface area contributed by atoms with Gasteiger partial charge in [-0.1, -0.05) is 42.0 Å². The molecule has 1 aromatic heterocycles. The highest BCUT2D eigenvalue weighted by molar-refractivity contribution is 5.91. The summed E-state index contributed by atoms with van der Waals surface area (Å²) in [7, 11) is 0. The topological polar surface area (TPSA) is 60.9 Å². The van der Waals surface area contributed by atoms with Crippen LogP contribution in [0.3, 0.4) is 0 Å². The fraction of sp³-hybridized carbons (Fsp3) is 0.200. The maximum Gasteiger partial charge on any atom is 0.156 e. The second-order valence-corrected chi connectivity index (χ2v) is 4.75. The molecule has 0 unspecified atom stereocenters. The van der Waals surface area contributed by atoms with Crippen molar-refractivity contribution < 1.29 is 4.79 Å². The number of aldehydes is 1. The largest absolute Gasteiger partial charge is 0.383 e. The predicted molar refractivity (Wildman–Crippen MR) is 77.0 cm³/mol. The quantitative estimate of drug-likeness (QED) is 0.675. The highest BCUT2D eigenvalue weighted by Crippen LogP contribution is 2.26. The van der Waals surface area contributed by atoms with E-state index in [-0.39, 0.29) is 0 Å². The second kappa shape index (κ2) is 5.10. The first-order valence-corrected chi connectivity index (χ1v) is 6.05. The van der Waals surface area contributed by atoms with Gasteiger partial charge in [0.2, 0.25) is 0 Å². The zero-order valence-electron chi connectivity index (χ0n) is 11.2. The summed E-state index contributed by atoms with van der Waals surface area (Å²) in [6.45, 7) is 8.26.